The van der Waals surface area contributed by atoms with Crippen LogP contribution in [0.5, 0.6) is 0 Å². The van der Waals surface area contributed by atoms with E-state index >= 15 is 0 Å². The van der Waals surface area contributed by atoms with Gasteiger partial charge in [-0.1, -0.05) is 24.3 Å². The highest BCUT2D eigenvalue weighted by Crippen LogP contribution is 2.31. The fourth-order valence-corrected chi connectivity index (χ4v) is 3.96. The van der Waals surface area contributed by atoms with Gasteiger partial charge in [0.25, 0.3) is 0 Å². The summed E-state index contributed by atoms with van der Waals surface area (Å²) in [5, 5.41) is 0. The van der Waals surface area contributed by atoms with Crippen LogP contribution in [0.3, 0.4) is 0 Å². The Morgan fingerprint density at radius 1 is 1.00 bits per heavy atom. The fraction of sp³-hybridized carbons (Fsp3) is 0.579. The lowest BCUT2D eigenvalue weighted by molar-refractivity contribution is -0.139. The van der Waals surface area contributed by atoms with Crippen LogP contribution < -0.4 is 0 Å². The monoisotopic (exact) mass is 314 g/mol. The molecule has 0 bridgehead atoms. The number of nitrogens with zero attached hydrogens (tertiary/aromatic N) is 2. The third-order valence-electron chi connectivity index (χ3n) is 5.42. The van der Waals surface area contributed by atoms with Gasteiger partial charge in [-0.25, -0.2) is 0 Å². The largest absolute Gasteiger partial charge is 0.343 e. The molecule has 0 radical (unpaired) electrons. The van der Waals surface area contributed by atoms with Gasteiger partial charge in [0.15, 0.2) is 0 Å². The fourth-order valence-electron chi connectivity index (χ4n) is 3.96. The van der Waals surface area contributed by atoms with Crippen molar-refractivity contribution in [3.05, 3.63) is 35.4 Å². The highest BCUT2D eigenvalue weighted by molar-refractivity contribution is 5.80. The molecule has 124 valence electrons. The Morgan fingerprint density at radius 3 is 2.30 bits per heavy atom. The molecule has 1 aromatic rings. The van der Waals surface area contributed by atoms with E-state index in [2.05, 4.69) is 31.2 Å². The molecule has 1 atom stereocenters. The van der Waals surface area contributed by atoms with Crippen LogP contribution >= 0.6 is 0 Å². The number of benzene rings is 1. The van der Waals surface area contributed by atoms with Crippen molar-refractivity contribution in [2.24, 2.45) is 5.92 Å². The third-order valence-corrected chi connectivity index (χ3v) is 5.42. The van der Waals surface area contributed by atoms with E-state index in [4.69, 9.17) is 0 Å². The van der Waals surface area contributed by atoms with Gasteiger partial charge in [-0.15, -0.1) is 0 Å². The van der Waals surface area contributed by atoms with Crippen LogP contribution in [0, 0.1) is 12.8 Å². The molecule has 4 heteroatoms. The number of hydrogen-bond acceptors (Lipinski definition) is 2. The zero-order valence-electron chi connectivity index (χ0n) is 14.1. The predicted molar refractivity (Wildman–Crippen MR) is 90.1 cm³/mol. The topological polar surface area (TPSA) is 40.6 Å². The van der Waals surface area contributed by atoms with Crippen LogP contribution in [0.1, 0.15) is 43.2 Å². The molecule has 0 spiro atoms. The van der Waals surface area contributed by atoms with Crippen LogP contribution in [0.4, 0.5) is 0 Å². The second-order valence-corrected chi connectivity index (χ2v) is 6.91. The molecule has 2 heterocycles. The maximum absolute atomic E-state index is 12.8. The molecule has 2 saturated heterocycles. The van der Waals surface area contributed by atoms with Gasteiger partial charge < -0.3 is 9.80 Å². The lowest BCUT2D eigenvalue weighted by atomic mass is 9.94. The minimum Gasteiger partial charge on any atom is -0.343 e. The second kappa shape index (κ2) is 6.73. The summed E-state index contributed by atoms with van der Waals surface area (Å²) in [6, 6.07) is 8.50. The molecule has 2 aliphatic heterocycles. The number of amides is 2. The quantitative estimate of drug-likeness (QED) is 0.842. The Balaban J connectivity index is 1.58. The molecule has 1 aromatic carbocycles. The third kappa shape index (κ3) is 3.41. The molecule has 2 fully saturated rings. The normalized spacial score (nSPS) is 22.4. The van der Waals surface area contributed by atoms with Crippen LogP contribution in [-0.2, 0) is 9.59 Å². The first kappa shape index (κ1) is 16.0. The summed E-state index contributed by atoms with van der Waals surface area (Å²) in [5.74, 6) is 0.986. The van der Waals surface area contributed by atoms with Crippen molar-refractivity contribution >= 4 is 11.8 Å². The second-order valence-electron chi connectivity index (χ2n) is 6.91. The standard InChI is InChI=1S/C19H26N2O2/c1-14-5-3-4-6-18(14)17-9-12-21(13-17)19(23)16-7-10-20(11-8-16)15(2)22/h3-6,16-17H,7-13H2,1-2H3/t17-/m0/s1. The zero-order chi connectivity index (χ0) is 16.4. The van der Waals surface area contributed by atoms with E-state index in [9.17, 15) is 9.59 Å². The van der Waals surface area contributed by atoms with E-state index in [1.807, 2.05) is 9.80 Å². The molecular formula is C19H26N2O2. The average molecular weight is 314 g/mol. The SMILES string of the molecule is CC(=O)N1CCC(C(=O)N2CC[C@H](c3ccccc3C)C2)CC1. The summed E-state index contributed by atoms with van der Waals surface area (Å²) < 4.78 is 0. The van der Waals surface area contributed by atoms with Crippen molar-refractivity contribution in [3.8, 4) is 0 Å². The van der Waals surface area contributed by atoms with E-state index < -0.39 is 0 Å². The lowest BCUT2D eigenvalue weighted by Crippen LogP contribution is -2.43. The highest BCUT2D eigenvalue weighted by Gasteiger charge is 2.33. The minimum absolute atomic E-state index is 0.0984. The first-order valence-electron chi connectivity index (χ1n) is 8.66. The van der Waals surface area contributed by atoms with Crippen molar-refractivity contribution < 1.29 is 9.59 Å². The molecule has 2 amide bonds. The lowest BCUT2D eigenvalue weighted by Gasteiger charge is -2.32. The Kier molecular flexibility index (Phi) is 4.69. The number of carbonyl (C=O) groups excluding carboxylic acids is 2. The van der Waals surface area contributed by atoms with Gasteiger partial charge in [-0.05, 0) is 37.3 Å². The van der Waals surface area contributed by atoms with Gasteiger partial charge in [0.2, 0.25) is 11.8 Å². The van der Waals surface area contributed by atoms with E-state index in [1.54, 1.807) is 6.92 Å². The number of piperidine rings is 1. The summed E-state index contributed by atoms with van der Waals surface area (Å²) in [4.78, 5) is 28.1. The van der Waals surface area contributed by atoms with Crippen molar-refractivity contribution in [2.75, 3.05) is 26.2 Å². The number of hydrogen-bond donors (Lipinski definition) is 0. The van der Waals surface area contributed by atoms with E-state index in [0.29, 0.717) is 11.8 Å². The summed E-state index contributed by atoms with van der Waals surface area (Å²) in [6.07, 6.45) is 2.68. The number of carbonyl (C=O) groups is 2. The van der Waals surface area contributed by atoms with Gasteiger partial charge in [0.1, 0.15) is 0 Å². The summed E-state index contributed by atoms with van der Waals surface area (Å²) in [7, 11) is 0. The maximum atomic E-state index is 12.8. The molecule has 0 saturated carbocycles. The Morgan fingerprint density at radius 2 is 1.65 bits per heavy atom. The van der Waals surface area contributed by atoms with Crippen LogP contribution in [0.2, 0.25) is 0 Å². The Hall–Kier alpha value is -1.84. The molecule has 2 aliphatic rings. The van der Waals surface area contributed by atoms with Gasteiger partial charge in [0.05, 0.1) is 0 Å². The van der Waals surface area contributed by atoms with Crippen LogP contribution in [0.25, 0.3) is 0 Å². The number of rotatable bonds is 2. The summed E-state index contributed by atoms with van der Waals surface area (Å²) >= 11 is 0. The summed E-state index contributed by atoms with van der Waals surface area (Å²) in [5.41, 5.74) is 2.70. The highest BCUT2D eigenvalue weighted by atomic mass is 16.2. The maximum Gasteiger partial charge on any atom is 0.225 e. The minimum atomic E-state index is 0.0984. The first-order valence-corrected chi connectivity index (χ1v) is 8.66. The van der Waals surface area contributed by atoms with Crippen LogP contribution in [0.15, 0.2) is 24.3 Å². The molecular weight excluding hydrogens is 288 g/mol. The van der Waals surface area contributed by atoms with E-state index in [0.717, 1.165) is 45.4 Å². The Labute approximate surface area is 138 Å². The Bertz CT molecular complexity index is 591. The first-order chi connectivity index (χ1) is 11.1. The molecule has 0 aromatic heterocycles. The molecule has 0 N–H and O–H groups in total. The van der Waals surface area contributed by atoms with Crippen molar-refractivity contribution in [1.29, 1.82) is 0 Å². The van der Waals surface area contributed by atoms with Crippen LogP contribution in [-0.4, -0.2) is 47.8 Å². The molecule has 3 rings (SSSR count). The van der Waals surface area contributed by atoms with E-state index in [-0.39, 0.29) is 11.8 Å². The molecule has 23 heavy (non-hydrogen) atoms. The van der Waals surface area contributed by atoms with E-state index in [1.165, 1.54) is 11.1 Å². The van der Waals surface area contributed by atoms with Crippen molar-refractivity contribution in [1.82, 2.24) is 9.80 Å². The summed E-state index contributed by atoms with van der Waals surface area (Å²) in [6.45, 7) is 6.91. The molecule has 4 nitrogen and oxygen atoms in total. The van der Waals surface area contributed by atoms with Crippen molar-refractivity contribution in [3.63, 3.8) is 0 Å². The van der Waals surface area contributed by atoms with Gasteiger partial charge >= 0.3 is 0 Å². The van der Waals surface area contributed by atoms with Gasteiger partial charge in [0, 0.05) is 44.9 Å². The molecule has 0 unspecified atom stereocenters. The van der Waals surface area contributed by atoms with Gasteiger partial charge in [-0.3, -0.25) is 9.59 Å². The zero-order valence-corrected chi connectivity index (χ0v) is 14.1. The van der Waals surface area contributed by atoms with Crippen molar-refractivity contribution in [2.45, 2.75) is 39.0 Å². The molecule has 0 aliphatic carbocycles. The van der Waals surface area contributed by atoms with Gasteiger partial charge in [-0.2, -0.15) is 0 Å². The smallest absolute Gasteiger partial charge is 0.225 e. The number of aryl methyl sites for hydroxylation is 1. The number of likely N-dealkylation sites (tertiary alicyclic amines) is 2. The average Bonchev–Trinajstić information content (AvgIpc) is 3.04. The predicted octanol–water partition coefficient (Wildman–Crippen LogP) is 2.57.